The van der Waals surface area contributed by atoms with Crippen LogP contribution in [-0.2, 0) is 0 Å². The first-order valence-electron chi connectivity index (χ1n) is 20.1. The van der Waals surface area contributed by atoms with Crippen molar-refractivity contribution in [2.45, 2.75) is 0 Å². The molecule has 0 aliphatic rings. The maximum Gasteiger partial charge on any atom is 0.159 e. The molecule has 0 amide bonds. The highest BCUT2D eigenvalue weighted by atomic mass is 16.3. The molecule has 0 aliphatic heterocycles. The molecule has 0 N–H and O–H groups in total. The molecular weight excluding hydrogens is 719 g/mol. The van der Waals surface area contributed by atoms with E-state index in [-0.39, 0.29) is 0 Å². The molecule has 3 heteroatoms. The van der Waals surface area contributed by atoms with Crippen LogP contribution in [0.2, 0.25) is 0 Å². The molecule has 2 heterocycles. The normalized spacial score (nSPS) is 11.7. The third-order valence-corrected chi connectivity index (χ3v) is 11.9. The summed E-state index contributed by atoms with van der Waals surface area (Å²) in [4.78, 5) is 2.30. The number of fused-ring (bicyclic) bond motifs is 9. The topological polar surface area (TPSA) is 29.5 Å². The van der Waals surface area contributed by atoms with Crippen molar-refractivity contribution in [2.24, 2.45) is 0 Å². The van der Waals surface area contributed by atoms with Gasteiger partial charge in [-0.2, -0.15) is 0 Å². The molecule has 0 fully saturated rings. The van der Waals surface area contributed by atoms with E-state index in [1.54, 1.807) is 0 Å². The predicted molar refractivity (Wildman–Crippen MR) is 247 cm³/mol. The summed E-state index contributed by atoms with van der Waals surface area (Å²) in [6.45, 7) is 0. The van der Waals surface area contributed by atoms with Crippen LogP contribution in [0.5, 0.6) is 0 Å². The molecule has 0 atom stereocenters. The standard InChI is InChI=1S/C56H35NO2/c1-2-11-36(12-3-1)38-23-28-43(29-24-38)57(52-19-10-18-49-46-16-8-9-20-53(46)58-56(49)52)44-30-25-39(26-31-44)41-27-32-47-51-35-50(42-22-21-37-13-4-5-14-40(37)33-42)45-15-6-7-17-48(45)55(51)59-54(47)34-41/h1-35H. The van der Waals surface area contributed by atoms with Gasteiger partial charge in [0.25, 0.3) is 0 Å². The number of rotatable bonds is 6. The highest BCUT2D eigenvalue weighted by Crippen LogP contribution is 2.44. The summed E-state index contributed by atoms with van der Waals surface area (Å²) in [7, 11) is 0. The van der Waals surface area contributed by atoms with Crippen molar-refractivity contribution in [3.8, 4) is 33.4 Å². The van der Waals surface area contributed by atoms with Gasteiger partial charge in [-0.1, -0.05) is 152 Å². The van der Waals surface area contributed by atoms with Gasteiger partial charge in [0.05, 0.1) is 5.69 Å². The van der Waals surface area contributed by atoms with E-state index >= 15 is 0 Å². The second-order valence-electron chi connectivity index (χ2n) is 15.3. The zero-order valence-electron chi connectivity index (χ0n) is 32.0. The van der Waals surface area contributed by atoms with Crippen molar-refractivity contribution in [1.82, 2.24) is 0 Å². The van der Waals surface area contributed by atoms with Crippen molar-refractivity contribution >= 4 is 82.5 Å². The first kappa shape index (κ1) is 33.3. The Kier molecular flexibility index (Phi) is 7.54. The predicted octanol–water partition coefficient (Wildman–Crippen LogP) is 16.3. The minimum atomic E-state index is 0.858. The number of benzene rings is 10. The SMILES string of the molecule is c1ccc(-c2ccc(N(c3ccc(-c4ccc5c(c4)oc4c6ccccc6c(-c6ccc7ccccc7c6)cc54)cc3)c3cccc4c3oc3ccccc34)cc2)cc1. The molecule has 59 heavy (non-hydrogen) atoms. The Morgan fingerprint density at radius 3 is 1.64 bits per heavy atom. The Labute approximate surface area is 340 Å². The van der Waals surface area contributed by atoms with E-state index in [2.05, 4.69) is 205 Å². The summed E-state index contributed by atoms with van der Waals surface area (Å²) in [5.74, 6) is 0. The van der Waals surface area contributed by atoms with Crippen LogP contribution in [-0.4, -0.2) is 0 Å². The quantitative estimate of drug-likeness (QED) is 0.169. The summed E-state index contributed by atoms with van der Waals surface area (Å²) >= 11 is 0. The van der Waals surface area contributed by atoms with E-state index in [0.29, 0.717) is 0 Å². The van der Waals surface area contributed by atoms with Gasteiger partial charge in [0.15, 0.2) is 5.58 Å². The molecule has 0 bridgehead atoms. The monoisotopic (exact) mass is 753 g/mol. The largest absolute Gasteiger partial charge is 0.455 e. The fourth-order valence-corrected chi connectivity index (χ4v) is 8.95. The lowest BCUT2D eigenvalue weighted by molar-refractivity contribution is 0.669. The number of nitrogens with zero attached hydrogens (tertiary/aromatic N) is 1. The van der Waals surface area contributed by atoms with Crippen LogP contribution in [0.4, 0.5) is 17.1 Å². The van der Waals surface area contributed by atoms with Crippen LogP contribution in [0.1, 0.15) is 0 Å². The Hall–Kier alpha value is -7.88. The number of para-hydroxylation sites is 2. The lowest BCUT2D eigenvalue weighted by Crippen LogP contribution is -2.10. The molecule has 10 aromatic carbocycles. The van der Waals surface area contributed by atoms with E-state index in [1.165, 1.54) is 38.4 Å². The van der Waals surface area contributed by atoms with E-state index < -0.39 is 0 Å². The molecule has 12 rings (SSSR count). The van der Waals surface area contributed by atoms with Gasteiger partial charge < -0.3 is 13.7 Å². The molecule has 0 aliphatic carbocycles. The van der Waals surface area contributed by atoms with Crippen LogP contribution in [0.15, 0.2) is 221 Å². The van der Waals surface area contributed by atoms with Gasteiger partial charge in [-0.15, -0.1) is 0 Å². The summed E-state index contributed by atoms with van der Waals surface area (Å²) in [6, 6.07) is 75.6. The first-order valence-corrected chi connectivity index (χ1v) is 20.1. The number of hydrogen-bond donors (Lipinski definition) is 0. The molecule has 276 valence electrons. The van der Waals surface area contributed by atoms with E-state index in [0.717, 1.165) is 77.5 Å². The van der Waals surface area contributed by atoms with E-state index in [4.69, 9.17) is 8.83 Å². The maximum absolute atomic E-state index is 6.76. The molecule has 3 nitrogen and oxygen atoms in total. The minimum Gasteiger partial charge on any atom is -0.455 e. The van der Waals surface area contributed by atoms with Crippen LogP contribution < -0.4 is 4.90 Å². The molecule has 0 saturated carbocycles. The average Bonchev–Trinajstić information content (AvgIpc) is 3.88. The van der Waals surface area contributed by atoms with Gasteiger partial charge in [-0.05, 0) is 110 Å². The second kappa shape index (κ2) is 13.4. The van der Waals surface area contributed by atoms with Crippen LogP contribution in [0, 0.1) is 0 Å². The summed E-state index contributed by atoms with van der Waals surface area (Å²) in [5.41, 5.74) is 13.6. The molecule has 0 saturated heterocycles. The zero-order chi connectivity index (χ0) is 38.9. The van der Waals surface area contributed by atoms with Gasteiger partial charge in [-0.25, -0.2) is 0 Å². The number of anilines is 3. The second-order valence-corrected chi connectivity index (χ2v) is 15.3. The van der Waals surface area contributed by atoms with E-state index in [1.807, 2.05) is 12.1 Å². The third-order valence-electron chi connectivity index (χ3n) is 11.9. The smallest absolute Gasteiger partial charge is 0.159 e. The van der Waals surface area contributed by atoms with Gasteiger partial charge in [0.1, 0.15) is 16.7 Å². The van der Waals surface area contributed by atoms with Crippen molar-refractivity contribution in [3.05, 3.63) is 212 Å². The molecule has 0 radical (unpaired) electrons. The van der Waals surface area contributed by atoms with Crippen molar-refractivity contribution in [3.63, 3.8) is 0 Å². The van der Waals surface area contributed by atoms with Crippen LogP contribution in [0.3, 0.4) is 0 Å². The Morgan fingerprint density at radius 1 is 0.288 bits per heavy atom. The third kappa shape index (κ3) is 5.51. The Bertz CT molecular complexity index is 3540. The van der Waals surface area contributed by atoms with Gasteiger partial charge in [0.2, 0.25) is 0 Å². The fraction of sp³-hybridized carbons (Fsp3) is 0. The summed E-state index contributed by atoms with van der Waals surface area (Å²) in [6.07, 6.45) is 0. The Morgan fingerprint density at radius 2 is 0.847 bits per heavy atom. The van der Waals surface area contributed by atoms with Crippen molar-refractivity contribution in [2.75, 3.05) is 4.90 Å². The molecule has 2 aromatic heterocycles. The Balaban J connectivity index is 0.956. The lowest BCUT2D eigenvalue weighted by atomic mass is 9.94. The van der Waals surface area contributed by atoms with Crippen molar-refractivity contribution < 1.29 is 8.83 Å². The first-order chi connectivity index (χ1) is 29.2. The zero-order valence-corrected chi connectivity index (χ0v) is 32.0. The number of furan rings is 2. The average molecular weight is 754 g/mol. The lowest BCUT2D eigenvalue weighted by Gasteiger charge is -2.26. The highest BCUT2D eigenvalue weighted by Gasteiger charge is 2.20. The molecule has 12 aromatic rings. The fourth-order valence-electron chi connectivity index (χ4n) is 8.95. The van der Waals surface area contributed by atoms with Gasteiger partial charge >= 0.3 is 0 Å². The maximum atomic E-state index is 6.76. The van der Waals surface area contributed by atoms with E-state index in [9.17, 15) is 0 Å². The summed E-state index contributed by atoms with van der Waals surface area (Å²) < 4.78 is 13.3. The molecule has 0 unspecified atom stereocenters. The minimum absolute atomic E-state index is 0.858. The van der Waals surface area contributed by atoms with Gasteiger partial charge in [-0.3, -0.25) is 0 Å². The number of hydrogen-bond acceptors (Lipinski definition) is 3. The molecule has 0 spiro atoms. The van der Waals surface area contributed by atoms with Crippen LogP contribution in [0.25, 0.3) is 98.8 Å². The highest BCUT2D eigenvalue weighted by molar-refractivity contribution is 6.19. The molecular formula is C56H35NO2. The van der Waals surface area contributed by atoms with Gasteiger partial charge in [0, 0.05) is 38.3 Å². The van der Waals surface area contributed by atoms with Crippen molar-refractivity contribution in [1.29, 1.82) is 0 Å². The van der Waals surface area contributed by atoms with Crippen LogP contribution >= 0.6 is 0 Å². The summed E-state index contributed by atoms with van der Waals surface area (Å²) in [5, 5.41) is 9.21.